The van der Waals surface area contributed by atoms with E-state index in [1.165, 1.54) is 0 Å². The molecule has 1 rings (SSSR count). The van der Waals surface area contributed by atoms with Gasteiger partial charge in [-0.25, -0.2) is 0 Å². The Labute approximate surface area is 74.3 Å². The summed E-state index contributed by atoms with van der Waals surface area (Å²) in [5, 5.41) is 0. The predicted molar refractivity (Wildman–Crippen MR) is 53.5 cm³/mol. The molecule has 12 heavy (non-hydrogen) atoms. The second-order valence-corrected chi connectivity index (χ2v) is 3.39. The molecule has 1 heterocycles. The maximum Gasteiger partial charge on any atom is 0.0458 e. The van der Waals surface area contributed by atoms with Crippen LogP contribution in [0.15, 0.2) is 29.4 Å². The van der Waals surface area contributed by atoms with Gasteiger partial charge in [-0.15, -0.1) is 0 Å². The molecule has 1 saturated heterocycles. The summed E-state index contributed by atoms with van der Waals surface area (Å²) < 4.78 is 0. The van der Waals surface area contributed by atoms with Crippen LogP contribution in [0.3, 0.4) is 0 Å². The van der Waals surface area contributed by atoms with Crippen molar-refractivity contribution in [1.29, 1.82) is 0 Å². The Morgan fingerprint density at radius 2 is 2.25 bits per heavy atom. The number of hydrogen-bond acceptors (Lipinski definition) is 2. The normalized spacial score (nSPS) is 23.2. The lowest BCUT2D eigenvalue weighted by Gasteiger charge is -2.25. The van der Waals surface area contributed by atoms with Crippen LogP contribution in [0, 0.1) is 0 Å². The van der Waals surface area contributed by atoms with Crippen molar-refractivity contribution in [3.05, 3.63) is 24.4 Å². The second-order valence-electron chi connectivity index (χ2n) is 3.39. The van der Waals surface area contributed by atoms with Gasteiger partial charge >= 0.3 is 0 Å². The zero-order valence-electron chi connectivity index (χ0n) is 7.93. The zero-order chi connectivity index (χ0) is 9.14. The van der Waals surface area contributed by atoms with Crippen LogP contribution in [0.1, 0.15) is 13.3 Å². The number of piperidine rings is 1. The van der Waals surface area contributed by atoms with Gasteiger partial charge in [0, 0.05) is 30.9 Å². The molecule has 0 amide bonds. The highest BCUT2D eigenvalue weighted by atomic mass is 15.1. The van der Waals surface area contributed by atoms with Crippen molar-refractivity contribution in [2.45, 2.75) is 13.3 Å². The summed E-state index contributed by atoms with van der Waals surface area (Å²) in [6.45, 7) is 11.7. The summed E-state index contributed by atoms with van der Waals surface area (Å²) in [4.78, 5) is 6.60. The van der Waals surface area contributed by atoms with E-state index >= 15 is 0 Å². The van der Waals surface area contributed by atoms with Gasteiger partial charge in [0.2, 0.25) is 0 Å². The molecule has 0 saturated carbocycles. The maximum absolute atomic E-state index is 4.35. The molecule has 1 aliphatic heterocycles. The molecule has 0 unspecified atom stereocenters. The van der Waals surface area contributed by atoms with Crippen LogP contribution >= 0.6 is 0 Å². The van der Waals surface area contributed by atoms with Gasteiger partial charge in [-0.3, -0.25) is 4.99 Å². The van der Waals surface area contributed by atoms with Crippen molar-refractivity contribution < 1.29 is 0 Å². The Kier molecular flexibility index (Phi) is 2.82. The van der Waals surface area contributed by atoms with E-state index in [9.17, 15) is 0 Å². The Hall–Kier alpha value is -0.890. The van der Waals surface area contributed by atoms with E-state index < -0.39 is 0 Å². The molecule has 0 aromatic rings. The third-order valence-electron chi connectivity index (χ3n) is 1.93. The number of hydrogen-bond donors (Lipinski definition) is 0. The first-order valence-corrected chi connectivity index (χ1v) is 4.19. The highest BCUT2D eigenvalue weighted by Gasteiger charge is 2.14. The van der Waals surface area contributed by atoms with Crippen molar-refractivity contribution in [1.82, 2.24) is 4.90 Å². The Bertz CT molecular complexity index is 238. The van der Waals surface area contributed by atoms with Gasteiger partial charge in [-0.05, 0) is 19.5 Å². The Morgan fingerprint density at radius 3 is 2.75 bits per heavy atom. The third-order valence-corrected chi connectivity index (χ3v) is 1.93. The lowest BCUT2D eigenvalue weighted by Crippen LogP contribution is -2.32. The molecule has 0 spiro atoms. The zero-order valence-corrected chi connectivity index (χ0v) is 7.93. The summed E-state index contributed by atoms with van der Waals surface area (Å²) >= 11 is 0. The molecule has 2 nitrogen and oxygen atoms in total. The van der Waals surface area contributed by atoms with E-state index in [0.717, 1.165) is 36.5 Å². The van der Waals surface area contributed by atoms with Crippen LogP contribution in [0.25, 0.3) is 0 Å². The molecule has 0 atom stereocenters. The van der Waals surface area contributed by atoms with Gasteiger partial charge in [-0.2, -0.15) is 0 Å². The molecule has 2 heteroatoms. The molecule has 1 fully saturated rings. The summed E-state index contributed by atoms with van der Waals surface area (Å²) in [7, 11) is 2.10. The summed E-state index contributed by atoms with van der Waals surface area (Å²) in [5.41, 5.74) is 3.13. The van der Waals surface area contributed by atoms with Gasteiger partial charge in [0.15, 0.2) is 0 Å². The van der Waals surface area contributed by atoms with Crippen molar-refractivity contribution in [3.63, 3.8) is 0 Å². The average molecular weight is 164 g/mol. The largest absolute Gasteiger partial charge is 0.302 e. The van der Waals surface area contributed by atoms with E-state index in [4.69, 9.17) is 0 Å². The SMILES string of the molecule is C=C(C)N=C1CCN(C)CC1=C. The number of likely N-dealkylation sites (tertiary alicyclic amines) is 1. The van der Waals surface area contributed by atoms with Gasteiger partial charge in [0.05, 0.1) is 0 Å². The van der Waals surface area contributed by atoms with Crippen molar-refractivity contribution in [3.8, 4) is 0 Å². The molecule has 1 aliphatic rings. The highest BCUT2D eigenvalue weighted by Crippen LogP contribution is 2.11. The van der Waals surface area contributed by atoms with Crippen LogP contribution in [-0.4, -0.2) is 30.7 Å². The van der Waals surface area contributed by atoms with Crippen LogP contribution < -0.4 is 0 Å². The number of aliphatic imine (C=N–C) groups is 1. The molecule has 0 aromatic heterocycles. The molecular formula is C10H16N2. The highest BCUT2D eigenvalue weighted by molar-refractivity contribution is 6.01. The molecule has 0 N–H and O–H groups in total. The van der Waals surface area contributed by atoms with Crippen molar-refractivity contribution in [2.24, 2.45) is 4.99 Å². The van der Waals surface area contributed by atoms with E-state index in [1.807, 2.05) is 6.92 Å². The lowest BCUT2D eigenvalue weighted by molar-refractivity contribution is 0.365. The fourth-order valence-corrected chi connectivity index (χ4v) is 1.34. The molecule has 0 aliphatic carbocycles. The Balaban J connectivity index is 2.69. The minimum absolute atomic E-state index is 0.871. The fraction of sp³-hybridized carbons (Fsp3) is 0.500. The summed E-state index contributed by atoms with van der Waals surface area (Å²) in [5.74, 6) is 0. The first-order valence-electron chi connectivity index (χ1n) is 4.19. The molecule has 66 valence electrons. The number of rotatable bonds is 1. The first-order chi connectivity index (χ1) is 5.59. The topological polar surface area (TPSA) is 15.6 Å². The first kappa shape index (κ1) is 9.20. The monoisotopic (exact) mass is 164 g/mol. The van der Waals surface area contributed by atoms with Crippen molar-refractivity contribution in [2.75, 3.05) is 20.1 Å². The van der Waals surface area contributed by atoms with Crippen LogP contribution in [0.2, 0.25) is 0 Å². The quantitative estimate of drug-likeness (QED) is 0.577. The number of likely N-dealkylation sites (N-methyl/N-ethyl adjacent to an activating group) is 1. The Morgan fingerprint density at radius 1 is 1.58 bits per heavy atom. The van der Waals surface area contributed by atoms with E-state index in [2.05, 4.69) is 30.1 Å². The molecular weight excluding hydrogens is 148 g/mol. The van der Waals surface area contributed by atoms with Crippen LogP contribution in [0.5, 0.6) is 0 Å². The molecule has 0 radical (unpaired) electrons. The minimum atomic E-state index is 0.871. The smallest absolute Gasteiger partial charge is 0.0458 e. The van der Waals surface area contributed by atoms with Gasteiger partial charge < -0.3 is 4.90 Å². The molecule has 0 bridgehead atoms. The predicted octanol–water partition coefficient (Wildman–Crippen LogP) is 1.85. The molecule has 0 aromatic carbocycles. The van der Waals surface area contributed by atoms with Crippen molar-refractivity contribution >= 4 is 5.71 Å². The number of allylic oxidation sites excluding steroid dienone is 1. The lowest BCUT2D eigenvalue weighted by atomic mass is 10.0. The maximum atomic E-state index is 4.35. The van der Waals surface area contributed by atoms with E-state index in [-0.39, 0.29) is 0 Å². The standard InChI is InChI=1S/C10H16N2/c1-8(2)11-10-5-6-12(4)7-9(10)3/h1,3,5-7H2,2,4H3. The summed E-state index contributed by atoms with van der Waals surface area (Å²) in [6, 6.07) is 0. The number of nitrogens with zero attached hydrogens (tertiary/aromatic N) is 2. The van der Waals surface area contributed by atoms with Crippen LogP contribution in [0.4, 0.5) is 0 Å². The summed E-state index contributed by atoms with van der Waals surface area (Å²) in [6.07, 6.45) is 1.00. The van der Waals surface area contributed by atoms with Gasteiger partial charge in [-0.1, -0.05) is 13.2 Å². The third kappa shape index (κ3) is 2.31. The minimum Gasteiger partial charge on any atom is -0.302 e. The fourth-order valence-electron chi connectivity index (χ4n) is 1.34. The van der Waals surface area contributed by atoms with Gasteiger partial charge in [0.25, 0.3) is 0 Å². The average Bonchev–Trinajstić information content (AvgIpc) is 1.94. The second kappa shape index (κ2) is 3.68. The van der Waals surface area contributed by atoms with E-state index in [0.29, 0.717) is 0 Å². The van der Waals surface area contributed by atoms with E-state index in [1.54, 1.807) is 0 Å². The van der Waals surface area contributed by atoms with Gasteiger partial charge in [0.1, 0.15) is 0 Å². The van der Waals surface area contributed by atoms with Crippen LogP contribution in [-0.2, 0) is 0 Å².